The van der Waals surface area contributed by atoms with Gasteiger partial charge in [0.15, 0.2) is 0 Å². The van der Waals surface area contributed by atoms with Crippen LogP contribution in [0.15, 0.2) is 72.7 Å². The van der Waals surface area contributed by atoms with E-state index in [1.165, 1.54) is 11.1 Å². The fourth-order valence-electron chi connectivity index (χ4n) is 4.50. The molecule has 2 aliphatic rings. The van der Waals surface area contributed by atoms with Gasteiger partial charge in [0.25, 0.3) is 0 Å². The van der Waals surface area contributed by atoms with Gasteiger partial charge >= 0.3 is 0 Å². The number of allylic oxidation sites excluding steroid dienone is 2. The number of Topliss-reactive ketones (excluding diaryl/α,β-unsaturated/α-hetero) is 1. The summed E-state index contributed by atoms with van der Waals surface area (Å²) in [6.45, 7) is 4.38. The number of hydrogen-bond donors (Lipinski definition) is 1. The maximum absolute atomic E-state index is 13.4. The minimum Gasteiger partial charge on any atom is -0.328 e. The van der Waals surface area contributed by atoms with E-state index in [0.29, 0.717) is 18.3 Å². The molecule has 0 saturated carbocycles. The zero-order valence-corrected chi connectivity index (χ0v) is 16.6. The summed E-state index contributed by atoms with van der Waals surface area (Å²) in [6.07, 6.45) is 4.26. The first-order valence-electron chi connectivity index (χ1n) is 10.2. The molecule has 0 radical (unpaired) electrons. The van der Waals surface area contributed by atoms with E-state index in [9.17, 15) is 4.79 Å². The predicted octanol–water partition coefficient (Wildman–Crippen LogP) is 4.67. The Labute approximate surface area is 170 Å². The summed E-state index contributed by atoms with van der Waals surface area (Å²) in [7, 11) is 0. The zero-order chi connectivity index (χ0) is 20.0. The summed E-state index contributed by atoms with van der Waals surface area (Å²) in [4.78, 5) is 17.7. The average molecular weight is 384 g/mol. The largest absolute Gasteiger partial charge is 0.328 e. The Morgan fingerprint density at radius 2 is 1.79 bits per heavy atom. The Hall–Kier alpha value is -3.21. The molecule has 1 aliphatic heterocycles. The average Bonchev–Trinajstić information content (AvgIpc) is 3.21. The van der Waals surface area contributed by atoms with Crippen LogP contribution in [-0.2, 0) is 4.79 Å². The molecule has 0 fully saturated rings. The van der Waals surface area contributed by atoms with E-state index in [2.05, 4.69) is 71.7 Å². The molecule has 3 atom stereocenters. The van der Waals surface area contributed by atoms with Crippen LogP contribution in [0.2, 0.25) is 0 Å². The van der Waals surface area contributed by atoms with Crippen LogP contribution in [0.25, 0.3) is 0 Å². The lowest BCUT2D eigenvalue weighted by atomic mass is 9.75. The first-order valence-corrected chi connectivity index (χ1v) is 10.2. The molecule has 3 aromatic rings. The van der Waals surface area contributed by atoms with Crippen LogP contribution < -0.4 is 5.32 Å². The maximum Gasteiger partial charge on any atom is 0.226 e. The molecule has 0 spiro atoms. The van der Waals surface area contributed by atoms with Crippen molar-refractivity contribution < 1.29 is 4.79 Å². The van der Waals surface area contributed by atoms with Crippen molar-refractivity contribution in [3.05, 3.63) is 89.4 Å². The van der Waals surface area contributed by atoms with Crippen LogP contribution in [-0.4, -0.2) is 20.5 Å². The molecule has 29 heavy (non-hydrogen) atoms. The quantitative estimate of drug-likeness (QED) is 0.713. The third-order valence-corrected chi connectivity index (χ3v) is 6.06. The van der Waals surface area contributed by atoms with E-state index in [-0.39, 0.29) is 23.7 Å². The van der Waals surface area contributed by atoms with Gasteiger partial charge in [-0.1, -0.05) is 74.5 Å². The summed E-state index contributed by atoms with van der Waals surface area (Å²) >= 11 is 0. The number of aromatic nitrogens is 3. The van der Waals surface area contributed by atoms with E-state index < -0.39 is 0 Å². The highest BCUT2D eigenvalue weighted by atomic mass is 16.1. The van der Waals surface area contributed by atoms with E-state index in [4.69, 9.17) is 0 Å². The SMILES string of the molecule is CC(C)c1ccc([C@@H]2C=C3Nc4ncnn4[C@@H](c4ccccc4)[C@@H]3C(=O)C2)cc1. The molecule has 1 N–H and O–H groups in total. The number of rotatable bonds is 3. The molecule has 5 nitrogen and oxygen atoms in total. The Balaban J connectivity index is 1.55. The van der Waals surface area contributed by atoms with Crippen LogP contribution in [0.1, 0.15) is 54.8 Å². The highest BCUT2D eigenvalue weighted by Gasteiger charge is 2.43. The summed E-state index contributed by atoms with van der Waals surface area (Å²) in [5, 5.41) is 7.78. The van der Waals surface area contributed by atoms with Crippen molar-refractivity contribution in [3.63, 3.8) is 0 Å². The highest BCUT2D eigenvalue weighted by molar-refractivity contribution is 5.88. The van der Waals surface area contributed by atoms with Crippen LogP contribution in [0, 0.1) is 5.92 Å². The number of benzene rings is 2. The number of nitrogens with one attached hydrogen (secondary N) is 1. The van der Waals surface area contributed by atoms with Gasteiger partial charge in [-0.05, 0) is 22.6 Å². The molecule has 5 rings (SSSR count). The van der Waals surface area contributed by atoms with E-state index >= 15 is 0 Å². The first kappa shape index (κ1) is 17.9. The third-order valence-electron chi connectivity index (χ3n) is 6.06. The lowest BCUT2D eigenvalue weighted by molar-refractivity contribution is -0.123. The Morgan fingerprint density at radius 3 is 2.52 bits per heavy atom. The molecule has 2 heterocycles. The Morgan fingerprint density at radius 1 is 1.03 bits per heavy atom. The van der Waals surface area contributed by atoms with E-state index in [0.717, 1.165) is 11.3 Å². The topological polar surface area (TPSA) is 59.8 Å². The van der Waals surface area contributed by atoms with Crippen molar-refractivity contribution in [3.8, 4) is 0 Å². The zero-order valence-electron chi connectivity index (χ0n) is 16.6. The van der Waals surface area contributed by atoms with Gasteiger partial charge in [-0.3, -0.25) is 4.79 Å². The lowest BCUT2D eigenvalue weighted by Crippen LogP contribution is -2.40. The minimum absolute atomic E-state index is 0.0772. The molecule has 1 aliphatic carbocycles. The number of hydrogen-bond acceptors (Lipinski definition) is 4. The molecule has 5 heteroatoms. The smallest absolute Gasteiger partial charge is 0.226 e. The molecule has 1 aromatic heterocycles. The number of nitrogens with zero attached hydrogens (tertiary/aromatic N) is 3. The number of carbonyl (C=O) groups excluding carboxylic acids is 1. The van der Waals surface area contributed by atoms with Gasteiger partial charge in [-0.25, -0.2) is 4.68 Å². The predicted molar refractivity (Wildman–Crippen MR) is 113 cm³/mol. The standard InChI is InChI=1S/C24H24N4O/c1-15(2)16-8-10-17(11-9-16)19-12-20-22(21(29)13-19)23(18-6-4-3-5-7-18)28-24(27-20)25-14-26-28/h3-12,14-15,19,22-23H,13H2,1-2H3,(H,25,26,27)/t19-,22+,23+/m1/s1. The second kappa shape index (κ2) is 6.99. The van der Waals surface area contributed by atoms with E-state index in [1.54, 1.807) is 6.33 Å². The summed E-state index contributed by atoms with van der Waals surface area (Å²) in [6, 6.07) is 18.6. The van der Waals surface area contributed by atoms with Crippen molar-refractivity contribution in [1.29, 1.82) is 0 Å². The van der Waals surface area contributed by atoms with Crippen molar-refractivity contribution in [2.24, 2.45) is 5.92 Å². The van der Waals surface area contributed by atoms with Crippen molar-refractivity contribution in [1.82, 2.24) is 14.8 Å². The molecule has 0 amide bonds. The van der Waals surface area contributed by atoms with Gasteiger partial charge in [0, 0.05) is 18.0 Å². The molecular weight excluding hydrogens is 360 g/mol. The molecular formula is C24H24N4O. The molecule has 0 unspecified atom stereocenters. The van der Waals surface area contributed by atoms with Gasteiger partial charge in [-0.15, -0.1) is 0 Å². The number of ketones is 1. The Kier molecular flexibility index (Phi) is 4.31. The van der Waals surface area contributed by atoms with Crippen LogP contribution in [0.4, 0.5) is 5.95 Å². The van der Waals surface area contributed by atoms with Crippen LogP contribution in [0.5, 0.6) is 0 Å². The van der Waals surface area contributed by atoms with Gasteiger partial charge in [-0.2, -0.15) is 10.1 Å². The normalized spacial score (nSPS) is 23.2. The first-order chi connectivity index (χ1) is 14.1. The molecule has 2 aromatic carbocycles. The summed E-state index contributed by atoms with van der Waals surface area (Å²) in [5.41, 5.74) is 4.51. The lowest BCUT2D eigenvalue weighted by Gasteiger charge is -2.38. The monoisotopic (exact) mass is 384 g/mol. The van der Waals surface area contributed by atoms with Gasteiger partial charge < -0.3 is 5.32 Å². The van der Waals surface area contributed by atoms with Crippen LogP contribution >= 0.6 is 0 Å². The van der Waals surface area contributed by atoms with Crippen molar-refractivity contribution in [2.45, 2.75) is 38.1 Å². The third kappa shape index (κ3) is 3.07. The number of fused-ring (bicyclic) bond motifs is 2. The van der Waals surface area contributed by atoms with Gasteiger partial charge in [0.1, 0.15) is 12.1 Å². The van der Waals surface area contributed by atoms with Gasteiger partial charge in [0.2, 0.25) is 5.95 Å². The molecule has 0 bridgehead atoms. The highest BCUT2D eigenvalue weighted by Crippen LogP contribution is 2.43. The number of carbonyl (C=O) groups is 1. The molecule has 0 saturated heterocycles. The second-order valence-corrected chi connectivity index (χ2v) is 8.21. The summed E-state index contributed by atoms with van der Waals surface area (Å²) in [5.74, 6) is 1.23. The van der Waals surface area contributed by atoms with Gasteiger partial charge in [0.05, 0.1) is 12.0 Å². The van der Waals surface area contributed by atoms with Crippen molar-refractivity contribution in [2.75, 3.05) is 5.32 Å². The maximum atomic E-state index is 13.4. The van der Waals surface area contributed by atoms with Crippen molar-refractivity contribution >= 4 is 11.7 Å². The van der Waals surface area contributed by atoms with E-state index in [1.807, 2.05) is 22.9 Å². The fraction of sp³-hybridized carbons (Fsp3) is 0.292. The summed E-state index contributed by atoms with van der Waals surface area (Å²) < 4.78 is 1.84. The second-order valence-electron chi connectivity index (χ2n) is 8.21. The van der Waals surface area contributed by atoms with Crippen LogP contribution in [0.3, 0.4) is 0 Å². The Bertz CT molecular complexity index is 1070. The molecule has 146 valence electrons. The minimum atomic E-state index is -0.266. The number of anilines is 1. The fourth-order valence-corrected chi connectivity index (χ4v) is 4.50.